The summed E-state index contributed by atoms with van der Waals surface area (Å²) in [4.78, 5) is 15.3. The molecule has 2 heterocycles. The topological polar surface area (TPSA) is 54.0 Å². The Morgan fingerprint density at radius 2 is 2.19 bits per heavy atom. The van der Waals surface area contributed by atoms with Gasteiger partial charge >= 0.3 is 6.18 Å². The molecule has 21 heavy (non-hydrogen) atoms. The number of aromatic nitrogens is 1. The molecule has 0 aliphatic carbocycles. The number of alkyl halides is 3. The van der Waals surface area contributed by atoms with E-state index in [9.17, 15) is 18.0 Å². The van der Waals surface area contributed by atoms with Crippen molar-refractivity contribution < 1.29 is 18.0 Å². The van der Waals surface area contributed by atoms with E-state index in [1.54, 1.807) is 0 Å². The van der Waals surface area contributed by atoms with E-state index in [0.29, 0.717) is 12.7 Å². The number of nitrogens with one attached hydrogen (secondary N) is 2. The van der Waals surface area contributed by atoms with Crippen LogP contribution in [0.4, 0.5) is 13.2 Å². The summed E-state index contributed by atoms with van der Waals surface area (Å²) in [6.07, 6.45) is 0.0161. The molecule has 0 spiro atoms. The van der Waals surface area contributed by atoms with Crippen molar-refractivity contribution in [3.8, 4) is 0 Å². The quantitative estimate of drug-likeness (QED) is 0.838. The lowest BCUT2D eigenvalue weighted by atomic mass is 10.1. The molecule has 1 aliphatic heterocycles. The number of rotatable bonds is 4. The first-order chi connectivity index (χ1) is 9.97. The Bertz CT molecular complexity index is 523. The first-order valence-electron chi connectivity index (χ1n) is 6.67. The Labute approximate surface area is 120 Å². The molecule has 0 saturated carbocycles. The maximum atomic E-state index is 12.4. The van der Waals surface area contributed by atoms with Crippen molar-refractivity contribution in [1.29, 1.82) is 0 Å². The fraction of sp³-hybridized carbons (Fsp3) is 0.429. The average Bonchev–Trinajstić information content (AvgIpc) is 2.47. The zero-order valence-corrected chi connectivity index (χ0v) is 11.3. The van der Waals surface area contributed by atoms with Gasteiger partial charge in [-0.05, 0) is 31.5 Å². The molecule has 1 aromatic heterocycles. The van der Waals surface area contributed by atoms with Gasteiger partial charge in [0.25, 0.3) is 5.91 Å². The van der Waals surface area contributed by atoms with Crippen LogP contribution >= 0.6 is 0 Å². The van der Waals surface area contributed by atoms with Gasteiger partial charge < -0.3 is 10.6 Å². The number of hydrogen-bond acceptors (Lipinski definition) is 3. The molecule has 0 aromatic carbocycles. The lowest BCUT2D eigenvalue weighted by molar-refractivity contribution is -0.137. The molecule has 0 atom stereocenters. The molecule has 0 fully saturated rings. The number of carbonyl (C=O) groups excluding carboxylic acids is 1. The van der Waals surface area contributed by atoms with Crippen LogP contribution in [-0.2, 0) is 6.18 Å². The van der Waals surface area contributed by atoms with Gasteiger partial charge in [0.2, 0.25) is 0 Å². The van der Waals surface area contributed by atoms with E-state index < -0.39 is 17.6 Å². The third kappa shape index (κ3) is 4.56. The summed E-state index contributed by atoms with van der Waals surface area (Å²) in [5, 5.41) is 5.85. The van der Waals surface area contributed by atoms with Gasteiger partial charge in [-0.25, -0.2) is 0 Å². The largest absolute Gasteiger partial charge is 0.417 e. The fourth-order valence-electron chi connectivity index (χ4n) is 2.02. The number of carbonyl (C=O) groups is 1. The lowest BCUT2D eigenvalue weighted by Crippen LogP contribution is -2.27. The van der Waals surface area contributed by atoms with Crippen LogP contribution in [0.25, 0.3) is 0 Å². The van der Waals surface area contributed by atoms with Gasteiger partial charge in [-0.2, -0.15) is 13.2 Å². The molecule has 2 N–H and O–H groups in total. The van der Waals surface area contributed by atoms with Crippen LogP contribution in [-0.4, -0.2) is 30.5 Å². The summed E-state index contributed by atoms with van der Waals surface area (Å²) in [6, 6.07) is 1.94. The number of hydrogen-bond donors (Lipinski definition) is 2. The Kier molecular flexibility index (Phi) is 4.95. The first-order valence-corrected chi connectivity index (χ1v) is 6.67. The summed E-state index contributed by atoms with van der Waals surface area (Å²) in [5.41, 5.74) is 0.399. The van der Waals surface area contributed by atoms with Crippen molar-refractivity contribution >= 4 is 5.91 Å². The third-order valence-electron chi connectivity index (χ3n) is 3.21. The van der Waals surface area contributed by atoms with Crippen LogP contribution < -0.4 is 10.6 Å². The highest BCUT2D eigenvalue weighted by molar-refractivity contribution is 5.92. The number of halogens is 3. The molecular weight excluding hydrogens is 283 g/mol. The molecule has 1 amide bonds. The molecule has 0 unspecified atom stereocenters. The molecule has 1 aliphatic rings. The van der Waals surface area contributed by atoms with Crippen LogP contribution in [0.15, 0.2) is 30.0 Å². The van der Waals surface area contributed by atoms with Crippen LogP contribution in [0.2, 0.25) is 0 Å². The first kappa shape index (κ1) is 15.5. The van der Waals surface area contributed by atoms with E-state index in [2.05, 4.69) is 21.7 Å². The van der Waals surface area contributed by atoms with E-state index >= 15 is 0 Å². The molecule has 0 radical (unpaired) electrons. The van der Waals surface area contributed by atoms with Crippen molar-refractivity contribution in [2.24, 2.45) is 0 Å². The summed E-state index contributed by atoms with van der Waals surface area (Å²) >= 11 is 0. The second kappa shape index (κ2) is 6.71. The van der Waals surface area contributed by atoms with Crippen molar-refractivity contribution in [2.75, 3.05) is 19.6 Å². The minimum Gasteiger partial charge on any atom is -0.350 e. The number of amides is 1. The highest BCUT2D eigenvalue weighted by Crippen LogP contribution is 2.28. The zero-order valence-electron chi connectivity index (χ0n) is 11.3. The molecule has 0 bridgehead atoms. The van der Waals surface area contributed by atoms with Gasteiger partial charge in [0, 0.05) is 19.3 Å². The van der Waals surface area contributed by atoms with E-state index in [-0.39, 0.29) is 5.69 Å². The normalized spacial score (nSPS) is 15.5. The summed E-state index contributed by atoms with van der Waals surface area (Å²) in [6.45, 7) is 2.22. The Balaban J connectivity index is 1.84. The Morgan fingerprint density at radius 1 is 1.38 bits per heavy atom. The van der Waals surface area contributed by atoms with Gasteiger partial charge in [0.15, 0.2) is 0 Å². The van der Waals surface area contributed by atoms with Crippen molar-refractivity contribution in [1.82, 2.24) is 15.6 Å². The molecule has 0 saturated heterocycles. The predicted octanol–water partition coefficient (Wildman–Crippen LogP) is 2.14. The maximum Gasteiger partial charge on any atom is 0.417 e. The van der Waals surface area contributed by atoms with Crippen molar-refractivity contribution in [3.63, 3.8) is 0 Å². The van der Waals surface area contributed by atoms with Crippen LogP contribution in [0.3, 0.4) is 0 Å². The summed E-state index contributed by atoms with van der Waals surface area (Å²) in [5.74, 6) is -0.460. The number of pyridine rings is 1. The van der Waals surface area contributed by atoms with Gasteiger partial charge in [0.05, 0.1) is 5.56 Å². The zero-order chi connectivity index (χ0) is 15.3. The molecule has 2 rings (SSSR count). The van der Waals surface area contributed by atoms with Crippen molar-refractivity contribution in [2.45, 2.75) is 19.0 Å². The van der Waals surface area contributed by atoms with Gasteiger partial charge in [-0.15, -0.1) is 0 Å². The Hall–Kier alpha value is -1.89. The van der Waals surface area contributed by atoms with Crippen LogP contribution in [0.1, 0.15) is 28.9 Å². The van der Waals surface area contributed by atoms with Gasteiger partial charge in [0.1, 0.15) is 5.69 Å². The minimum absolute atomic E-state index is 0.0118. The molecule has 7 heteroatoms. The predicted molar refractivity (Wildman–Crippen MR) is 71.8 cm³/mol. The molecule has 1 aromatic rings. The SMILES string of the molecule is O=C(NCCC1=CCNCC1)c1ccc(C(F)(F)F)cn1. The van der Waals surface area contributed by atoms with Crippen LogP contribution in [0, 0.1) is 0 Å². The highest BCUT2D eigenvalue weighted by Gasteiger charge is 2.30. The number of nitrogens with zero attached hydrogens (tertiary/aromatic N) is 1. The van der Waals surface area contributed by atoms with E-state index in [1.165, 1.54) is 5.57 Å². The molecule has 4 nitrogen and oxygen atoms in total. The van der Waals surface area contributed by atoms with Gasteiger partial charge in [-0.3, -0.25) is 9.78 Å². The van der Waals surface area contributed by atoms with E-state index in [4.69, 9.17) is 0 Å². The lowest BCUT2D eigenvalue weighted by Gasteiger charge is -2.14. The second-order valence-corrected chi connectivity index (χ2v) is 4.75. The molecular formula is C14H16F3N3O. The Morgan fingerprint density at radius 3 is 2.76 bits per heavy atom. The monoisotopic (exact) mass is 299 g/mol. The van der Waals surface area contributed by atoms with E-state index in [1.807, 2.05) is 0 Å². The van der Waals surface area contributed by atoms with Crippen LogP contribution in [0.5, 0.6) is 0 Å². The summed E-state index contributed by atoms with van der Waals surface area (Å²) < 4.78 is 37.1. The van der Waals surface area contributed by atoms with Crippen molar-refractivity contribution in [3.05, 3.63) is 41.2 Å². The standard InChI is InChI=1S/C14H16F3N3O/c15-14(16,17)11-1-2-12(20-9-11)13(21)19-8-5-10-3-6-18-7-4-10/h1-3,9,18H,4-8H2,(H,19,21). The smallest absolute Gasteiger partial charge is 0.350 e. The average molecular weight is 299 g/mol. The second-order valence-electron chi connectivity index (χ2n) is 4.75. The minimum atomic E-state index is -4.44. The fourth-order valence-corrected chi connectivity index (χ4v) is 2.02. The van der Waals surface area contributed by atoms with Gasteiger partial charge in [-0.1, -0.05) is 11.6 Å². The van der Waals surface area contributed by atoms with E-state index in [0.717, 1.165) is 38.1 Å². The third-order valence-corrected chi connectivity index (χ3v) is 3.21. The summed E-state index contributed by atoms with van der Waals surface area (Å²) in [7, 11) is 0. The maximum absolute atomic E-state index is 12.4. The molecule has 114 valence electrons. The highest BCUT2D eigenvalue weighted by atomic mass is 19.4.